The molecule has 1 amide bonds. The highest BCUT2D eigenvalue weighted by atomic mass is 35.5. The Balaban J connectivity index is 1.64. The van der Waals surface area contributed by atoms with Crippen LogP contribution in [0.5, 0.6) is 0 Å². The van der Waals surface area contributed by atoms with Crippen LogP contribution in [0, 0.1) is 5.92 Å². The number of anilines is 1. The van der Waals surface area contributed by atoms with Crippen molar-refractivity contribution in [3.8, 4) is 0 Å². The molecule has 2 fully saturated rings. The average Bonchev–Trinajstić information content (AvgIpc) is 2.68. The van der Waals surface area contributed by atoms with E-state index in [1.165, 1.54) is 7.11 Å². The first-order valence-electron chi connectivity index (χ1n) is 8.59. The number of esters is 1. The van der Waals surface area contributed by atoms with Crippen molar-refractivity contribution in [2.24, 2.45) is 5.92 Å². The van der Waals surface area contributed by atoms with E-state index in [0.717, 1.165) is 18.5 Å². The fraction of sp³-hybridized carbons (Fsp3) is 0.556. The number of nitrogens with zero attached hydrogens (tertiary/aromatic N) is 2. The van der Waals surface area contributed by atoms with Gasteiger partial charge >= 0.3 is 5.97 Å². The monoisotopic (exact) mass is 366 g/mol. The molecule has 2 aliphatic heterocycles. The number of piperazine rings is 1. The number of methoxy groups -OCH3 is 1. The molecule has 3 rings (SSSR count). The maximum Gasteiger partial charge on any atom is 0.337 e. The zero-order valence-electron chi connectivity index (χ0n) is 14.4. The highest BCUT2D eigenvalue weighted by Crippen LogP contribution is 2.29. The van der Waals surface area contributed by atoms with Crippen molar-refractivity contribution in [2.75, 3.05) is 51.4 Å². The third kappa shape index (κ3) is 4.07. The van der Waals surface area contributed by atoms with Crippen LogP contribution in [0.4, 0.5) is 5.69 Å². The molecule has 6 nitrogen and oxygen atoms in total. The summed E-state index contributed by atoms with van der Waals surface area (Å²) in [7, 11) is 1.36. The Morgan fingerprint density at radius 3 is 2.48 bits per heavy atom. The molecule has 0 saturated carbocycles. The summed E-state index contributed by atoms with van der Waals surface area (Å²) in [6, 6.07) is 5.12. The zero-order valence-corrected chi connectivity index (χ0v) is 15.1. The molecule has 136 valence electrons. The minimum absolute atomic E-state index is 0.0894. The highest BCUT2D eigenvalue weighted by Gasteiger charge is 2.29. The van der Waals surface area contributed by atoms with Gasteiger partial charge in [0.1, 0.15) is 0 Å². The number of hydrogen-bond acceptors (Lipinski definition) is 5. The lowest BCUT2D eigenvalue weighted by molar-refractivity contribution is -0.138. The van der Waals surface area contributed by atoms with Crippen molar-refractivity contribution >= 4 is 29.2 Å². The Labute approximate surface area is 152 Å². The Kier molecular flexibility index (Phi) is 5.81. The Bertz CT molecular complexity index is 638. The van der Waals surface area contributed by atoms with Crippen LogP contribution in [0.15, 0.2) is 18.2 Å². The molecule has 0 spiro atoms. The van der Waals surface area contributed by atoms with Gasteiger partial charge in [-0.05, 0) is 31.0 Å². The summed E-state index contributed by atoms with van der Waals surface area (Å²) >= 11 is 6.31. The number of hydrogen-bond donors (Lipinski definition) is 0. The van der Waals surface area contributed by atoms with Crippen LogP contribution in [-0.2, 0) is 14.3 Å². The number of amides is 1. The molecule has 2 aliphatic rings. The summed E-state index contributed by atoms with van der Waals surface area (Å²) in [5.74, 6) is -0.0600. The minimum Gasteiger partial charge on any atom is -0.465 e. The molecule has 0 N–H and O–H groups in total. The predicted molar refractivity (Wildman–Crippen MR) is 95.1 cm³/mol. The smallest absolute Gasteiger partial charge is 0.337 e. The van der Waals surface area contributed by atoms with Gasteiger partial charge in [-0.15, -0.1) is 0 Å². The SMILES string of the molecule is COC(=O)c1ccc(Cl)c(N2CCN(C(=O)C3CCOCC3)CC2)c1. The van der Waals surface area contributed by atoms with Gasteiger partial charge in [-0.25, -0.2) is 4.79 Å². The Morgan fingerprint density at radius 1 is 1.16 bits per heavy atom. The van der Waals surface area contributed by atoms with E-state index in [9.17, 15) is 9.59 Å². The van der Waals surface area contributed by atoms with Crippen molar-refractivity contribution in [1.82, 2.24) is 4.90 Å². The first-order chi connectivity index (χ1) is 12.1. The van der Waals surface area contributed by atoms with E-state index in [1.807, 2.05) is 4.90 Å². The lowest BCUT2D eigenvalue weighted by Crippen LogP contribution is -2.51. The van der Waals surface area contributed by atoms with Gasteiger partial charge in [-0.2, -0.15) is 0 Å². The van der Waals surface area contributed by atoms with Crippen molar-refractivity contribution in [3.05, 3.63) is 28.8 Å². The zero-order chi connectivity index (χ0) is 17.8. The summed E-state index contributed by atoms with van der Waals surface area (Å²) in [6.45, 7) is 4.06. The van der Waals surface area contributed by atoms with E-state index in [1.54, 1.807) is 18.2 Å². The molecule has 0 bridgehead atoms. The summed E-state index contributed by atoms with van der Waals surface area (Å²) < 4.78 is 10.1. The number of ether oxygens (including phenoxy) is 2. The predicted octanol–water partition coefficient (Wildman–Crippen LogP) is 2.20. The lowest BCUT2D eigenvalue weighted by atomic mass is 9.98. The van der Waals surface area contributed by atoms with Gasteiger partial charge in [0.25, 0.3) is 0 Å². The minimum atomic E-state index is -0.383. The molecule has 7 heteroatoms. The summed E-state index contributed by atoms with van der Waals surface area (Å²) in [6.07, 6.45) is 1.62. The molecule has 2 saturated heterocycles. The molecule has 0 unspecified atom stereocenters. The first-order valence-corrected chi connectivity index (χ1v) is 8.97. The number of halogens is 1. The Morgan fingerprint density at radius 2 is 1.84 bits per heavy atom. The molecular weight excluding hydrogens is 344 g/mol. The second-order valence-electron chi connectivity index (χ2n) is 6.36. The molecule has 1 aromatic rings. The van der Waals surface area contributed by atoms with Gasteiger partial charge in [-0.1, -0.05) is 11.6 Å². The standard InChI is InChI=1S/C18H23ClN2O4/c1-24-18(23)14-2-3-15(19)16(12-14)20-6-8-21(9-7-20)17(22)13-4-10-25-11-5-13/h2-3,12-13H,4-11H2,1H3. The van der Waals surface area contributed by atoms with Crippen LogP contribution >= 0.6 is 11.6 Å². The van der Waals surface area contributed by atoms with Gasteiger partial charge in [0.15, 0.2) is 0 Å². The molecule has 2 heterocycles. The summed E-state index contributed by atoms with van der Waals surface area (Å²) in [5, 5.41) is 0.594. The number of benzene rings is 1. The van der Waals surface area contributed by atoms with Crippen molar-refractivity contribution < 1.29 is 19.1 Å². The van der Waals surface area contributed by atoms with E-state index in [0.29, 0.717) is 50.0 Å². The fourth-order valence-corrected chi connectivity index (χ4v) is 3.61. The molecule has 0 atom stereocenters. The molecule has 1 aromatic carbocycles. The number of rotatable bonds is 3. The quantitative estimate of drug-likeness (QED) is 0.767. The van der Waals surface area contributed by atoms with Crippen molar-refractivity contribution in [2.45, 2.75) is 12.8 Å². The third-order valence-electron chi connectivity index (χ3n) is 4.87. The second kappa shape index (κ2) is 8.06. The molecular formula is C18H23ClN2O4. The van der Waals surface area contributed by atoms with Crippen molar-refractivity contribution in [1.29, 1.82) is 0 Å². The van der Waals surface area contributed by atoms with Crippen molar-refractivity contribution in [3.63, 3.8) is 0 Å². The van der Waals surface area contributed by atoms with Crippen LogP contribution in [-0.4, -0.2) is 63.3 Å². The molecule has 0 aromatic heterocycles. The normalized spacial score (nSPS) is 19.0. The number of carbonyl (C=O) groups is 2. The highest BCUT2D eigenvalue weighted by molar-refractivity contribution is 6.33. The first kappa shape index (κ1) is 18.0. The molecule has 0 aliphatic carbocycles. The van der Waals surface area contributed by atoms with Crippen LogP contribution in [0.25, 0.3) is 0 Å². The maximum atomic E-state index is 12.6. The van der Waals surface area contributed by atoms with E-state index >= 15 is 0 Å². The van der Waals surface area contributed by atoms with Crippen LogP contribution in [0.1, 0.15) is 23.2 Å². The average molecular weight is 367 g/mol. The van der Waals surface area contributed by atoms with E-state index < -0.39 is 0 Å². The van der Waals surface area contributed by atoms with Crippen LogP contribution < -0.4 is 4.90 Å². The molecule has 25 heavy (non-hydrogen) atoms. The van der Waals surface area contributed by atoms with Gasteiger partial charge < -0.3 is 19.3 Å². The Hall–Kier alpha value is -1.79. The van der Waals surface area contributed by atoms with Gasteiger partial charge in [0.2, 0.25) is 5.91 Å². The van der Waals surface area contributed by atoms with Gasteiger partial charge in [0, 0.05) is 45.3 Å². The van der Waals surface area contributed by atoms with E-state index in [-0.39, 0.29) is 17.8 Å². The lowest BCUT2D eigenvalue weighted by Gasteiger charge is -2.38. The topological polar surface area (TPSA) is 59.1 Å². The third-order valence-corrected chi connectivity index (χ3v) is 5.19. The second-order valence-corrected chi connectivity index (χ2v) is 6.76. The maximum absolute atomic E-state index is 12.6. The van der Waals surface area contributed by atoms with Gasteiger partial charge in [-0.3, -0.25) is 4.79 Å². The van der Waals surface area contributed by atoms with E-state index in [4.69, 9.17) is 21.1 Å². The van der Waals surface area contributed by atoms with Crippen LogP contribution in [0.3, 0.4) is 0 Å². The van der Waals surface area contributed by atoms with Gasteiger partial charge in [0.05, 0.1) is 23.4 Å². The fourth-order valence-electron chi connectivity index (χ4n) is 3.37. The summed E-state index contributed by atoms with van der Waals surface area (Å²) in [5.41, 5.74) is 1.28. The molecule has 0 radical (unpaired) electrons. The van der Waals surface area contributed by atoms with E-state index in [2.05, 4.69) is 4.90 Å². The largest absolute Gasteiger partial charge is 0.465 e. The van der Waals surface area contributed by atoms with Crippen LogP contribution in [0.2, 0.25) is 5.02 Å². The number of carbonyl (C=O) groups excluding carboxylic acids is 2. The summed E-state index contributed by atoms with van der Waals surface area (Å²) in [4.78, 5) is 28.4.